The molecule has 39 heteroatoms. The zero-order chi connectivity index (χ0) is 72.4. The molecular weight excluding hydrogens is 1290 g/mol. The van der Waals surface area contributed by atoms with Crippen LogP contribution in [0.4, 0.5) is 0 Å². The molecule has 540 valence electrons. The molecule has 0 radical (unpaired) electrons. The Morgan fingerprint density at radius 1 is 0.516 bits per heavy atom. The first-order chi connectivity index (χ1) is 44.6. The SMILES string of the molecule is CC[C@@H](C)[C@@H](NC(=O)[C@H](CS)NC(=O)[C@@H](N)CCCN=C(N)N)C(=O)N[C@@H](CC(=O)O)C(=O)N[C@@H](C(=O)N[C@H](C(=O)N1CCC[C@H]1C(=O)N[C@@H](CCCCN)C(=O)N[C@@H](CO)C(=O)N[C@@H](CCCN=C(N)N)C(=O)N[C@@H](CS)C(=O)N[C@H](C(N)=O)[C@@H](C)O)[C@@H](C)CC)[C@H](C)O. The molecule has 0 saturated carbocycles. The number of rotatable bonds is 45. The highest BCUT2D eigenvalue weighted by atomic mass is 32.1. The number of unbranched alkanes of at least 4 members (excludes halogenated alkanes) is 1. The van der Waals surface area contributed by atoms with Gasteiger partial charge in [0.2, 0.25) is 70.9 Å². The molecule has 0 spiro atoms. The molecule has 1 heterocycles. The van der Waals surface area contributed by atoms with Crippen LogP contribution in [0, 0.1) is 11.8 Å². The van der Waals surface area contributed by atoms with Crippen LogP contribution in [0.5, 0.6) is 0 Å². The standard InChI is InChI=1S/C56H102N20O17S2/c1-7-26(3)39(72-49(88)35(24-94)70-44(83)30(58)14-11-19-64-55(60)61)52(91)68-33(22-38(80)81)47(86)75-42(29(6)79)53(92)73-40(27(4)8-2)54(93)76-21-13-17-37(76)51(90)67-31(15-9-10-18-57)45(84)69-34(23-77)48(87)66-32(16-12-20-65-56(62)63)46(85)71-36(25-95)50(89)74-41(28(5)78)43(59)82/h26-37,39-42,77-79,94-95H,7-25,57-58H2,1-6H3,(H2,59,82)(H,66,87)(H,67,90)(H,68,91)(H,69,84)(H,70,83)(H,71,85)(H,72,88)(H,73,92)(H,74,89)(H,75,86)(H,80,81)(H4,60,61,64)(H4,62,63,65)/t26-,27+,28-,29+,30+,31+,32+,33+,34+,35+,36+,37+,39-,40+,41+,42-/m1/s1. The second kappa shape index (κ2) is 44.0. The van der Waals surface area contributed by atoms with Gasteiger partial charge in [-0.1, -0.05) is 40.5 Å². The summed E-state index contributed by atoms with van der Waals surface area (Å²) in [6, 6.07) is -18.1. The number of carbonyl (C=O) groups is 13. The predicted molar refractivity (Wildman–Crippen MR) is 353 cm³/mol. The zero-order valence-corrected chi connectivity index (χ0v) is 56.3. The smallest absolute Gasteiger partial charge is 0.305 e. The highest BCUT2D eigenvalue weighted by molar-refractivity contribution is 7.80. The predicted octanol–water partition coefficient (Wildman–Crippen LogP) is -8.95. The van der Waals surface area contributed by atoms with Gasteiger partial charge in [-0.15, -0.1) is 0 Å². The van der Waals surface area contributed by atoms with Crippen LogP contribution in [-0.4, -0.2) is 243 Å². The number of nitrogens with zero attached hydrogens (tertiary/aromatic N) is 3. The van der Waals surface area contributed by atoms with Crippen LogP contribution < -0.4 is 93.3 Å². The molecule has 0 bridgehead atoms. The van der Waals surface area contributed by atoms with Crippen molar-refractivity contribution in [3.63, 3.8) is 0 Å². The fourth-order valence-corrected chi connectivity index (χ4v) is 10.00. The molecule has 16 atom stereocenters. The van der Waals surface area contributed by atoms with Crippen LogP contribution in [0.15, 0.2) is 9.98 Å². The van der Waals surface area contributed by atoms with Crippen LogP contribution in [0.2, 0.25) is 0 Å². The highest BCUT2D eigenvalue weighted by Crippen LogP contribution is 2.23. The van der Waals surface area contributed by atoms with Gasteiger partial charge in [-0.25, -0.2) is 0 Å². The van der Waals surface area contributed by atoms with Gasteiger partial charge in [-0.05, 0) is 90.0 Å². The number of guanidine groups is 2. The minimum atomic E-state index is -1.94. The van der Waals surface area contributed by atoms with Crippen molar-refractivity contribution < 1.29 is 82.8 Å². The summed E-state index contributed by atoms with van der Waals surface area (Å²) in [5, 5.41) is 65.4. The van der Waals surface area contributed by atoms with Crippen molar-refractivity contribution in [3.8, 4) is 0 Å². The number of carbonyl (C=O) groups excluding carboxylic acids is 12. The van der Waals surface area contributed by atoms with Gasteiger partial charge < -0.3 is 119 Å². The number of carboxylic acids is 1. The van der Waals surface area contributed by atoms with Gasteiger partial charge in [0.05, 0.1) is 31.3 Å². The van der Waals surface area contributed by atoms with E-state index in [-0.39, 0.29) is 107 Å². The minimum Gasteiger partial charge on any atom is -0.481 e. The van der Waals surface area contributed by atoms with Crippen LogP contribution >= 0.6 is 25.3 Å². The van der Waals surface area contributed by atoms with Gasteiger partial charge >= 0.3 is 5.97 Å². The lowest BCUT2D eigenvalue weighted by molar-refractivity contribution is -0.144. The summed E-state index contributed by atoms with van der Waals surface area (Å²) in [5.41, 5.74) is 38.6. The number of nitrogens with one attached hydrogen (secondary N) is 10. The summed E-state index contributed by atoms with van der Waals surface area (Å²) in [4.78, 5) is 185. The second-order valence-corrected chi connectivity index (χ2v) is 23.8. The van der Waals surface area contributed by atoms with Gasteiger partial charge in [0.1, 0.15) is 66.5 Å². The number of aliphatic hydroxyl groups excluding tert-OH is 3. The third-order valence-corrected chi connectivity index (χ3v) is 16.2. The Bertz CT molecular complexity index is 2660. The number of primary amides is 1. The largest absolute Gasteiger partial charge is 0.481 e. The maximum Gasteiger partial charge on any atom is 0.305 e. The average molecular weight is 1390 g/mol. The third-order valence-electron chi connectivity index (χ3n) is 15.5. The van der Waals surface area contributed by atoms with E-state index in [4.69, 9.17) is 40.1 Å². The van der Waals surface area contributed by atoms with Crippen molar-refractivity contribution in [2.75, 3.05) is 44.3 Å². The van der Waals surface area contributed by atoms with Crippen LogP contribution in [0.3, 0.4) is 0 Å². The Balaban J connectivity index is 3.46. The van der Waals surface area contributed by atoms with E-state index in [1.807, 2.05) is 0 Å². The van der Waals surface area contributed by atoms with Gasteiger partial charge in [-0.3, -0.25) is 72.3 Å². The molecule has 1 saturated heterocycles. The van der Waals surface area contributed by atoms with Crippen molar-refractivity contribution in [1.29, 1.82) is 0 Å². The molecule has 0 aromatic rings. The van der Waals surface area contributed by atoms with E-state index in [1.54, 1.807) is 27.7 Å². The molecule has 1 aliphatic rings. The summed E-state index contributed by atoms with van der Waals surface area (Å²) >= 11 is 8.29. The molecule has 28 N–H and O–H groups in total. The molecule has 37 nitrogen and oxygen atoms in total. The Kier molecular flexibility index (Phi) is 39.4. The quantitative estimate of drug-likeness (QED) is 0.0117. The Morgan fingerprint density at radius 3 is 1.41 bits per heavy atom. The minimum absolute atomic E-state index is 0.0272. The van der Waals surface area contributed by atoms with Crippen molar-refractivity contribution in [2.45, 2.75) is 203 Å². The fourth-order valence-electron chi connectivity index (χ4n) is 9.48. The van der Waals surface area contributed by atoms with E-state index in [0.29, 0.717) is 12.8 Å². The molecule has 95 heavy (non-hydrogen) atoms. The third kappa shape index (κ3) is 29.8. The van der Waals surface area contributed by atoms with Crippen LogP contribution in [0.25, 0.3) is 0 Å². The first-order valence-corrected chi connectivity index (χ1v) is 32.5. The van der Waals surface area contributed by atoms with E-state index in [1.165, 1.54) is 11.8 Å². The first-order valence-electron chi connectivity index (χ1n) is 31.2. The number of amides is 12. The normalized spacial score (nSPS) is 17.5. The number of aliphatic imine (C=N–C) groups is 2. The lowest BCUT2D eigenvalue weighted by atomic mass is 9.96. The lowest BCUT2D eigenvalue weighted by Gasteiger charge is -2.33. The fraction of sp³-hybridized carbons (Fsp3) is 0.732. The maximum absolute atomic E-state index is 14.7. The summed E-state index contributed by atoms with van der Waals surface area (Å²) in [6.07, 6.45) is -2.51. The maximum atomic E-state index is 14.7. The zero-order valence-electron chi connectivity index (χ0n) is 54.5. The van der Waals surface area contributed by atoms with Crippen molar-refractivity contribution in [1.82, 2.24) is 58.1 Å². The highest BCUT2D eigenvalue weighted by Gasteiger charge is 2.43. The number of aliphatic hydroxyl groups is 3. The molecule has 0 aromatic heterocycles. The molecule has 0 unspecified atom stereocenters. The molecular formula is C56H102N20O17S2. The number of hydrogen-bond acceptors (Lipinski definition) is 22. The van der Waals surface area contributed by atoms with Crippen molar-refractivity contribution in [2.24, 2.45) is 62.0 Å². The molecule has 0 aromatic carbocycles. The van der Waals surface area contributed by atoms with E-state index < -0.39 is 186 Å². The summed E-state index contributed by atoms with van der Waals surface area (Å²) in [5.74, 6) is -15.7. The first kappa shape index (κ1) is 85.2. The number of thiol groups is 2. The Labute approximate surface area is 562 Å². The number of likely N-dealkylation sites (tertiary alicyclic amines) is 1. The Morgan fingerprint density at radius 2 is 0.926 bits per heavy atom. The van der Waals surface area contributed by atoms with E-state index >= 15 is 0 Å². The summed E-state index contributed by atoms with van der Waals surface area (Å²) in [6.45, 7) is 8.12. The Hall–Kier alpha value is -7.85. The summed E-state index contributed by atoms with van der Waals surface area (Å²) in [7, 11) is 0. The van der Waals surface area contributed by atoms with Crippen LogP contribution in [0.1, 0.15) is 119 Å². The molecule has 0 aliphatic carbocycles. The van der Waals surface area contributed by atoms with Crippen molar-refractivity contribution >= 4 is 114 Å². The van der Waals surface area contributed by atoms with Crippen LogP contribution in [-0.2, 0) is 62.3 Å². The monoisotopic (exact) mass is 1390 g/mol. The van der Waals surface area contributed by atoms with Gasteiger partial charge in [-0.2, -0.15) is 25.3 Å². The second-order valence-electron chi connectivity index (χ2n) is 23.1. The van der Waals surface area contributed by atoms with E-state index in [2.05, 4.69) is 88.4 Å². The van der Waals surface area contributed by atoms with E-state index in [0.717, 1.165) is 6.92 Å². The molecule has 1 aliphatic heterocycles. The number of carboxylic acid groups (broad SMARTS) is 1. The van der Waals surface area contributed by atoms with Crippen molar-refractivity contribution in [3.05, 3.63) is 0 Å². The lowest BCUT2D eigenvalue weighted by Crippen LogP contribution is -2.63. The molecule has 1 rings (SSSR count). The number of aliphatic carboxylic acids is 1. The number of nitrogens with two attached hydrogens (primary N) is 7. The molecule has 12 amide bonds. The summed E-state index contributed by atoms with van der Waals surface area (Å²) < 4.78 is 0. The van der Waals surface area contributed by atoms with Gasteiger partial charge in [0.25, 0.3) is 0 Å². The molecule has 1 fully saturated rings. The average Bonchev–Trinajstić information content (AvgIpc) is 1.77. The van der Waals surface area contributed by atoms with E-state index in [9.17, 15) is 82.8 Å². The topological polar surface area (TPSA) is 633 Å². The van der Waals surface area contributed by atoms with Gasteiger partial charge in [0, 0.05) is 31.1 Å². The van der Waals surface area contributed by atoms with Gasteiger partial charge in [0.15, 0.2) is 11.9 Å². The number of hydrogen-bond donors (Lipinski definition) is 23.